The summed E-state index contributed by atoms with van der Waals surface area (Å²) in [5.74, 6) is 2.35. The van der Waals surface area contributed by atoms with Crippen molar-refractivity contribution in [3.63, 3.8) is 0 Å². The van der Waals surface area contributed by atoms with E-state index in [1.54, 1.807) is 11.8 Å². The zero-order valence-electron chi connectivity index (χ0n) is 18.3. The number of benzene rings is 1. The van der Waals surface area contributed by atoms with Crippen LogP contribution in [0.15, 0.2) is 41.7 Å². The van der Waals surface area contributed by atoms with Gasteiger partial charge in [-0.1, -0.05) is 23.9 Å². The van der Waals surface area contributed by atoms with Gasteiger partial charge < -0.3 is 14.7 Å². The van der Waals surface area contributed by atoms with E-state index >= 15 is 0 Å². The van der Waals surface area contributed by atoms with Gasteiger partial charge in [-0.3, -0.25) is 4.90 Å². The zero-order valence-corrected chi connectivity index (χ0v) is 19.1. The minimum Gasteiger partial charge on any atom is -0.491 e. The summed E-state index contributed by atoms with van der Waals surface area (Å²) in [6, 6.07) is 10.3. The smallest absolute Gasteiger partial charge is 0.187 e. The third-order valence-electron chi connectivity index (χ3n) is 6.11. The number of piperidine rings is 1. The van der Waals surface area contributed by atoms with Crippen molar-refractivity contribution in [3.8, 4) is 5.75 Å². The first kappa shape index (κ1) is 22.5. The predicted molar refractivity (Wildman–Crippen MR) is 125 cm³/mol. The highest BCUT2D eigenvalue weighted by molar-refractivity contribution is 7.99. The van der Waals surface area contributed by atoms with Crippen molar-refractivity contribution in [3.05, 3.63) is 47.8 Å². The Bertz CT molecular complexity index is 798. The van der Waals surface area contributed by atoms with E-state index in [0.717, 1.165) is 42.8 Å². The minimum atomic E-state index is 0.0403. The molecule has 168 valence electrons. The lowest BCUT2D eigenvalue weighted by molar-refractivity contribution is 0.197. The maximum Gasteiger partial charge on any atom is 0.187 e. The molecule has 0 spiro atoms. The van der Waals surface area contributed by atoms with Gasteiger partial charge >= 0.3 is 0 Å². The molecular weight excluding hydrogens is 408 g/mol. The van der Waals surface area contributed by atoms with Gasteiger partial charge in [0, 0.05) is 43.2 Å². The Morgan fingerprint density at radius 1 is 1.03 bits per heavy atom. The molecule has 1 aromatic heterocycles. The molecule has 1 unspecified atom stereocenters. The van der Waals surface area contributed by atoms with Crippen molar-refractivity contribution in [2.24, 2.45) is 0 Å². The molecule has 3 heterocycles. The highest BCUT2D eigenvalue weighted by Gasteiger charge is 2.23. The summed E-state index contributed by atoms with van der Waals surface area (Å²) in [5, 5.41) is 9.80. The number of hydrogen-bond acceptors (Lipinski definition) is 7. The second-order valence-electron chi connectivity index (χ2n) is 8.45. The fraction of sp³-hybridized carbons (Fsp3) is 0.583. The molecule has 1 N–H and O–H groups in total. The van der Waals surface area contributed by atoms with Crippen molar-refractivity contribution >= 4 is 11.8 Å². The van der Waals surface area contributed by atoms with E-state index in [1.165, 1.54) is 50.0 Å². The van der Waals surface area contributed by atoms with Crippen LogP contribution in [-0.2, 0) is 6.54 Å². The maximum atomic E-state index is 8.88. The standard InChI is InChI=1S/C24H34N4O2S/c29-15-16-30-22-7-5-20(6-8-22)18-28-13-3-4-21(19-28)23-9-10-25-24(26-23)31-17-14-27-11-1-2-12-27/h5-10,21,29H,1-4,11-19H2. The Balaban J connectivity index is 1.28. The molecule has 6 nitrogen and oxygen atoms in total. The summed E-state index contributed by atoms with van der Waals surface area (Å²) in [4.78, 5) is 14.5. The number of aliphatic hydroxyl groups is 1. The molecule has 31 heavy (non-hydrogen) atoms. The van der Waals surface area contributed by atoms with Gasteiger partial charge in [-0.15, -0.1) is 0 Å². The van der Waals surface area contributed by atoms with Crippen LogP contribution in [0, 0.1) is 0 Å². The van der Waals surface area contributed by atoms with Gasteiger partial charge in [0.1, 0.15) is 12.4 Å². The molecule has 2 aromatic rings. The molecule has 2 fully saturated rings. The van der Waals surface area contributed by atoms with Crippen LogP contribution < -0.4 is 4.74 Å². The van der Waals surface area contributed by atoms with Gasteiger partial charge in [0.2, 0.25) is 0 Å². The first-order chi connectivity index (χ1) is 15.3. The van der Waals surface area contributed by atoms with Crippen LogP contribution in [0.2, 0.25) is 0 Å². The monoisotopic (exact) mass is 442 g/mol. The van der Waals surface area contributed by atoms with Crippen LogP contribution in [0.5, 0.6) is 5.75 Å². The molecule has 0 saturated carbocycles. The van der Waals surface area contributed by atoms with E-state index in [2.05, 4.69) is 33.0 Å². The lowest BCUT2D eigenvalue weighted by Gasteiger charge is -2.32. The first-order valence-corrected chi connectivity index (χ1v) is 12.5. The first-order valence-electron chi connectivity index (χ1n) is 11.5. The van der Waals surface area contributed by atoms with Crippen LogP contribution in [0.4, 0.5) is 0 Å². The number of thioether (sulfide) groups is 1. The van der Waals surface area contributed by atoms with E-state index in [9.17, 15) is 0 Å². The van der Waals surface area contributed by atoms with E-state index in [1.807, 2.05) is 18.3 Å². The average Bonchev–Trinajstić information content (AvgIpc) is 3.33. The minimum absolute atomic E-state index is 0.0403. The maximum absolute atomic E-state index is 8.88. The van der Waals surface area contributed by atoms with Crippen LogP contribution in [-0.4, -0.2) is 76.6 Å². The molecule has 2 saturated heterocycles. The van der Waals surface area contributed by atoms with E-state index in [0.29, 0.717) is 12.5 Å². The number of ether oxygens (including phenoxy) is 1. The van der Waals surface area contributed by atoms with Crippen LogP contribution in [0.1, 0.15) is 42.9 Å². The van der Waals surface area contributed by atoms with Gasteiger partial charge in [0.15, 0.2) is 5.16 Å². The molecular formula is C24H34N4O2S. The van der Waals surface area contributed by atoms with Crippen LogP contribution in [0.25, 0.3) is 0 Å². The largest absolute Gasteiger partial charge is 0.491 e. The van der Waals surface area contributed by atoms with Crippen molar-refractivity contribution in [2.45, 2.75) is 43.3 Å². The summed E-state index contributed by atoms with van der Waals surface area (Å²) in [6.07, 6.45) is 7.01. The Hall–Kier alpha value is -1.67. The van der Waals surface area contributed by atoms with Gasteiger partial charge in [-0.25, -0.2) is 9.97 Å². The van der Waals surface area contributed by atoms with Gasteiger partial charge in [0.25, 0.3) is 0 Å². The Morgan fingerprint density at radius 2 is 1.84 bits per heavy atom. The molecule has 7 heteroatoms. The quantitative estimate of drug-likeness (QED) is 0.447. The second kappa shape index (κ2) is 11.8. The second-order valence-corrected chi connectivity index (χ2v) is 9.51. The highest BCUT2D eigenvalue weighted by Crippen LogP contribution is 2.28. The fourth-order valence-electron chi connectivity index (χ4n) is 4.48. The zero-order chi connectivity index (χ0) is 21.3. The molecule has 0 aliphatic carbocycles. The third kappa shape index (κ3) is 6.91. The third-order valence-corrected chi connectivity index (χ3v) is 6.95. The molecule has 1 atom stereocenters. The summed E-state index contributed by atoms with van der Waals surface area (Å²) < 4.78 is 5.46. The van der Waals surface area contributed by atoms with Crippen LogP contribution >= 0.6 is 11.8 Å². The topological polar surface area (TPSA) is 61.7 Å². The van der Waals surface area contributed by atoms with Crippen molar-refractivity contribution < 1.29 is 9.84 Å². The number of aromatic nitrogens is 2. The molecule has 0 amide bonds. The molecule has 2 aliphatic rings. The molecule has 1 aromatic carbocycles. The number of rotatable bonds is 10. The summed E-state index contributed by atoms with van der Waals surface area (Å²) in [7, 11) is 0. The van der Waals surface area contributed by atoms with E-state index < -0.39 is 0 Å². The van der Waals surface area contributed by atoms with Gasteiger partial charge in [-0.05, 0) is 69.1 Å². The van der Waals surface area contributed by atoms with Gasteiger partial charge in [-0.2, -0.15) is 0 Å². The van der Waals surface area contributed by atoms with Crippen molar-refractivity contribution in [2.75, 3.05) is 51.7 Å². The number of hydrogen-bond donors (Lipinski definition) is 1. The Morgan fingerprint density at radius 3 is 2.65 bits per heavy atom. The molecule has 0 bridgehead atoms. The number of nitrogens with zero attached hydrogens (tertiary/aromatic N) is 4. The Labute approximate surface area is 190 Å². The van der Waals surface area contributed by atoms with E-state index in [-0.39, 0.29) is 6.61 Å². The van der Waals surface area contributed by atoms with E-state index in [4.69, 9.17) is 14.8 Å². The molecule has 2 aliphatic heterocycles. The Kier molecular flexibility index (Phi) is 8.58. The predicted octanol–water partition coefficient (Wildman–Crippen LogP) is 3.42. The van der Waals surface area contributed by atoms with Crippen molar-refractivity contribution in [1.82, 2.24) is 19.8 Å². The summed E-state index contributed by atoms with van der Waals surface area (Å²) in [5.41, 5.74) is 2.48. The SMILES string of the molecule is OCCOc1ccc(CN2CCCC(c3ccnc(SCCN4CCCC4)n3)C2)cc1. The normalized spacial score (nSPS) is 20.2. The van der Waals surface area contributed by atoms with Crippen molar-refractivity contribution in [1.29, 1.82) is 0 Å². The number of likely N-dealkylation sites (tertiary alicyclic amines) is 2. The van der Waals surface area contributed by atoms with Gasteiger partial charge in [0.05, 0.1) is 6.61 Å². The summed E-state index contributed by atoms with van der Waals surface area (Å²) >= 11 is 1.79. The highest BCUT2D eigenvalue weighted by atomic mass is 32.2. The average molecular weight is 443 g/mol. The lowest BCUT2D eigenvalue weighted by Crippen LogP contribution is -2.34. The number of aliphatic hydroxyl groups excluding tert-OH is 1. The van der Waals surface area contributed by atoms with Crippen LogP contribution in [0.3, 0.4) is 0 Å². The fourth-order valence-corrected chi connectivity index (χ4v) is 5.31. The molecule has 4 rings (SSSR count). The molecule has 0 radical (unpaired) electrons. The summed E-state index contributed by atoms with van der Waals surface area (Å²) in [6.45, 7) is 7.12. The lowest BCUT2D eigenvalue weighted by atomic mass is 9.94.